The quantitative estimate of drug-likeness (QED) is 0.194. The molecule has 240 valence electrons. The Morgan fingerprint density at radius 2 is 1.43 bits per heavy atom. The number of halogens is 1. The lowest BCUT2D eigenvalue weighted by atomic mass is 9.94. The van der Waals surface area contributed by atoms with Crippen LogP contribution in [0.5, 0.6) is 0 Å². The zero-order chi connectivity index (χ0) is 32.5. The average Bonchev–Trinajstić information content (AvgIpc) is 3.07. The van der Waals surface area contributed by atoms with Crippen LogP contribution in [0.2, 0.25) is 0 Å². The van der Waals surface area contributed by atoms with E-state index in [2.05, 4.69) is 5.32 Å². The molecule has 0 saturated heterocycles. The van der Waals surface area contributed by atoms with Crippen LogP contribution in [-0.4, -0.2) is 43.8 Å². The van der Waals surface area contributed by atoms with Gasteiger partial charge in [-0.05, 0) is 55.7 Å². The first-order valence-corrected chi connectivity index (χ1v) is 17.2. The van der Waals surface area contributed by atoms with Gasteiger partial charge in [-0.2, -0.15) is 0 Å². The van der Waals surface area contributed by atoms with Crippen LogP contribution in [-0.2, 0) is 32.6 Å². The van der Waals surface area contributed by atoms with E-state index in [4.69, 9.17) is 0 Å². The van der Waals surface area contributed by atoms with Crippen molar-refractivity contribution in [3.05, 3.63) is 132 Å². The molecule has 7 nitrogen and oxygen atoms in total. The SMILES string of the molecule is Cc1ccc(N(CC(=O)N(Cc2ccccc2F)[C@H](Cc2ccccc2)C(=O)NC2CCCCC2)S(=O)(=O)c2ccccc2)cc1. The second-order valence-electron chi connectivity index (χ2n) is 11.8. The number of amides is 2. The Bertz CT molecular complexity index is 1710. The lowest BCUT2D eigenvalue weighted by Gasteiger charge is -2.35. The van der Waals surface area contributed by atoms with Gasteiger partial charge >= 0.3 is 0 Å². The van der Waals surface area contributed by atoms with Crippen LogP contribution in [0, 0.1) is 12.7 Å². The fourth-order valence-electron chi connectivity index (χ4n) is 5.87. The zero-order valence-corrected chi connectivity index (χ0v) is 26.8. The van der Waals surface area contributed by atoms with E-state index in [-0.39, 0.29) is 35.4 Å². The Hall–Kier alpha value is -4.50. The number of hydrogen-bond acceptors (Lipinski definition) is 4. The molecule has 1 N–H and O–H groups in total. The van der Waals surface area contributed by atoms with Crippen LogP contribution in [0.25, 0.3) is 0 Å². The number of nitrogens with one attached hydrogen (secondary N) is 1. The van der Waals surface area contributed by atoms with Gasteiger partial charge in [0.05, 0.1) is 10.6 Å². The Kier molecular flexibility index (Phi) is 10.9. The summed E-state index contributed by atoms with van der Waals surface area (Å²) in [7, 11) is -4.19. The van der Waals surface area contributed by atoms with Crippen molar-refractivity contribution in [3.63, 3.8) is 0 Å². The maximum absolute atomic E-state index is 15.1. The first-order valence-electron chi connectivity index (χ1n) is 15.7. The van der Waals surface area contributed by atoms with Gasteiger partial charge in [-0.3, -0.25) is 13.9 Å². The molecular formula is C37H40FN3O4S. The number of nitrogens with zero attached hydrogens (tertiary/aromatic N) is 2. The molecule has 0 unspecified atom stereocenters. The number of rotatable bonds is 12. The predicted octanol–water partition coefficient (Wildman–Crippen LogP) is 6.42. The molecule has 0 heterocycles. The number of sulfonamides is 1. The van der Waals surface area contributed by atoms with Crippen molar-refractivity contribution in [2.75, 3.05) is 10.8 Å². The fraction of sp³-hybridized carbons (Fsp3) is 0.297. The van der Waals surface area contributed by atoms with E-state index in [1.54, 1.807) is 60.7 Å². The summed E-state index contributed by atoms with van der Waals surface area (Å²) >= 11 is 0. The first-order chi connectivity index (χ1) is 22.2. The summed E-state index contributed by atoms with van der Waals surface area (Å²) in [6, 6.07) is 29.2. The van der Waals surface area contributed by atoms with Gasteiger partial charge in [0.15, 0.2) is 0 Å². The van der Waals surface area contributed by atoms with E-state index in [1.807, 2.05) is 37.3 Å². The predicted molar refractivity (Wildman–Crippen MR) is 178 cm³/mol. The van der Waals surface area contributed by atoms with Crippen molar-refractivity contribution in [1.82, 2.24) is 10.2 Å². The Morgan fingerprint density at radius 1 is 0.826 bits per heavy atom. The largest absolute Gasteiger partial charge is 0.352 e. The molecule has 0 aromatic heterocycles. The average molecular weight is 642 g/mol. The number of benzene rings is 4. The van der Waals surface area contributed by atoms with Gasteiger partial charge < -0.3 is 10.2 Å². The van der Waals surface area contributed by atoms with Gasteiger partial charge in [-0.1, -0.05) is 104 Å². The molecule has 0 bridgehead atoms. The normalized spacial score (nSPS) is 14.3. The summed E-state index contributed by atoms with van der Waals surface area (Å²) < 4.78 is 44.3. The van der Waals surface area contributed by atoms with Gasteiger partial charge in [0.2, 0.25) is 11.8 Å². The topological polar surface area (TPSA) is 86.8 Å². The van der Waals surface area contributed by atoms with Crippen LogP contribution in [0.1, 0.15) is 48.8 Å². The first kappa shape index (κ1) is 32.9. The molecule has 0 radical (unpaired) electrons. The van der Waals surface area contributed by atoms with E-state index in [1.165, 1.54) is 23.1 Å². The number of anilines is 1. The van der Waals surface area contributed by atoms with Crippen LogP contribution in [0.4, 0.5) is 10.1 Å². The minimum atomic E-state index is -4.19. The molecule has 1 aliphatic carbocycles. The van der Waals surface area contributed by atoms with Crippen LogP contribution in [0.3, 0.4) is 0 Å². The monoisotopic (exact) mass is 641 g/mol. The van der Waals surface area contributed by atoms with E-state index in [9.17, 15) is 18.0 Å². The fourth-order valence-corrected chi connectivity index (χ4v) is 7.30. The molecule has 4 aromatic carbocycles. The Morgan fingerprint density at radius 3 is 2.09 bits per heavy atom. The van der Waals surface area contributed by atoms with Gasteiger partial charge in [0, 0.05) is 24.6 Å². The molecule has 4 aromatic rings. The lowest BCUT2D eigenvalue weighted by molar-refractivity contribution is -0.140. The van der Waals surface area contributed by atoms with Crippen molar-refractivity contribution in [2.45, 2.75) is 69.0 Å². The molecule has 1 saturated carbocycles. The smallest absolute Gasteiger partial charge is 0.264 e. The third-order valence-corrected chi connectivity index (χ3v) is 10.2. The van der Waals surface area contributed by atoms with Crippen molar-refractivity contribution in [3.8, 4) is 0 Å². The molecule has 5 rings (SSSR count). The molecular weight excluding hydrogens is 601 g/mol. The molecule has 1 fully saturated rings. The van der Waals surface area contributed by atoms with Gasteiger partial charge in [0.25, 0.3) is 10.0 Å². The number of carbonyl (C=O) groups is 2. The van der Waals surface area contributed by atoms with Crippen molar-refractivity contribution in [2.24, 2.45) is 0 Å². The highest BCUT2D eigenvalue weighted by atomic mass is 32.2. The van der Waals surface area contributed by atoms with Gasteiger partial charge in [0.1, 0.15) is 18.4 Å². The Balaban J connectivity index is 1.56. The van der Waals surface area contributed by atoms with Crippen molar-refractivity contribution in [1.29, 1.82) is 0 Å². The molecule has 0 spiro atoms. The summed E-state index contributed by atoms with van der Waals surface area (Å²) in [4.78, 5) is 30.0. The standard InChI is InChI=1S/C37H40FN3O4S/c1-28-21-23-32(24-22-28)41(46(44,45)33-18-9-4-10-19-33)27-36(42)40(26-30-15-11-12-20-34(30)38)35(25-29-13-5-2-6-14-29)37(43)39-31-16-7-3-8-17-31/h2,4-6,9-15,18-24,31,35H,3,7-8,16-17,25-27H2,1H3,(H,39,43)/t35-/m1/s1. The van der Waals surface area contributed by atoms with Crippen LogP contribution in [0.15, 0.2) is 114 Å². The third kappa shape index (κ3) is 8.20. The highest BCUT2D eigenvalue weighted by Gasteiger charge is 2.35. The lowest BCUT2D eigenvalue weighted by Crippen LogP contribution is -2.55. The van der Waals surface area contributed by atoms with E-state index >= 15 is 4.39 Å². The number of hydrogen-bond donors (Lipinski definition) is 1. The number of carbonyl (C=O) groups excluding carboxylic acids is 2. The summed E-state index contributed by atoms with van der Waals surface area (Å²) in [6.07, 6.45) is 5.01. The highest BCUT2D eigenvalue weighted by Crippen LogP contribution is 2.26. The van der Waals surface area contributed by atoms with E-state index < -0.39 is 34.3 Å². The molecule has 0 aliphatic heterocycles. The summed E-state index contributed by atoms with van der Waals surface area (Å²) in [5, 5.41) is 3.16. The van der Waals surface area contributed by atoms with Gasteiger partial charge in [-0.15, -0.1) is 0 Å². The second kappa shape index (κ2) is 15.2. The van der Waals surface area contributed by atoms with Crippen molar-refractivity contribution >= 4 is 27.5 Å². The molecule has 46 heavy (non-hydrogen) atoms. The minimum Gasteiger partial charge on any atom is -0.352 e. The molecule has 1 atom stereocenters. The van der Waals surface area contributed by atoms with Crippen LogP contribution < -0.4 is 9.62 Å². The summed E-state index contributed by atoms with van der Waals surface area (Å²) in [5.74, 6) is -1.48. The maximum Gasteiger partial charge on any atom is 0.264 e. The maximum atomic E-state index is 15.1. The van der Waals surface area contributed by atoms with E-state index in [0.29, 0.717) is 5.69 Å². The third-order valence-electron chi connectivity index (χ3n) is 8.45. The highest BCUT2D eigenvalue weighted by molar-refractivity contribution is 7.92. The summed E-state index contributed by atoms with van der Waals surface area (Å²) in [6.45, 7) is 1.09. The van der Waals surface area contributed by atoms with E-state index in [0.717, 1.165) is 47.5 Å². The molecule has 1 aliphatic rings. The summed E-state index contributed by atoms with van der Waals surface area (Å²) in [5.41, 5.74) is 2.28. The zero-order valence-electron chi connectivity index (χ0n) is 26.0. The Labute approximate surface area is 271 Å². The second-order valence-corrected chi connectivity index (χ2v) is 13.7. The number of aryl methyl sites for hydroxylation is 1. The minimum absolute atomic E-state index is 0.0209. The van der Waals surface area contributed by atoms with Crippen LogP contribution >= 0.6 is 0 Å². The molecule has 9 heteroatoms. The molecule has 2 amide bonds. The van der Waals surface area contributed by atoms with Gasteiger partial charge in [-0.25, -0.2) is 12.8 Å². The van der Waals surface area contributed by atoms with Crippen molar-refractivity contribution < 1.29 is 22.4 Å².